The minimum absolute atomic E-state index is 0.511. The molecule has 0 amide bonds. The van der Waals surface area contributed by atoms with Crippen molar-refractivity contribution in [2.24, 2.45) is 18.9 Å². The molecule has 1 N–H and O–H groups in total. The van der Waals surface area contributed by atoms with Gasteiger partial charge < -0.3 is 5.32 Å². The molecule has 0 spiro atoms. The number of nitrogens with one attached hydrogen (secondary N) is 1. The third-order valence-electron chi connectivity index (χ3n) is 3.89. The van der Waals surface area contributed by atoms with Gasteiger partial charge in [0.05, 0.1) is 15.9 Å². The highest BCUT2D eigenvalue weighted by atomic mass is 79.9. The van der Waals surface area contributed by atoms with Crippen molar-refractivity contribution in [3.05, 3.63) is 15.9 Å². The van der Waals surface area contributed by atoms with Crippen molar-refractivity contribution < 1.29 is 0 Å². The number of halogens is 1. The van der Waals surface area contributed by atoms with Crippen LogP contribution in [0.3, 0.4) is 0 Å². The van der Waals surface area contributed by atoms with Crippen LogP contribution in [-0.4, -0.2) is 22.9 Å². The highest BCUT2D eigenvalue weighted by Crippen LogP contribution is 2.27. The second kappa shape index (κ2) is 6.71. The van der Waals surface area contributed by atoms with Crippen molar-refractivity contribution in [3.8, 4) is 0 Å². The molecule has 1 aromatic heterocycles. The van der Waals surface area contributed by atoms with E-state index in [4.69, 9.17) is 0 Å². The molecular formula is C14H26BrN3. The lowest BCUT2D eigenvalue weighted by atomic mass is 9.85. The lowest BCUT2D eigenvalue weighted by Gasteiger charge is -2.27. The summed E-state index contributed by atoms with van der Waals surface area (Å²) in [7, 11) is 4.08. The third-order valence-corrected chi connectivity index (χ3v) is 4.80. The number of nitrogens with zero attached hydrogens (tertiary/aromatic N) is 2. The second-order valence-electron chi connectivity index (χ2n) is 5.37. The van der Waals surface area contributed by atoms with E-state index in [1.807, 2.05) is 18.8 Å². The summed E-state index contributed by atoms with van der Waals surface area (Å²) in [5.74, 6) is 1.27. The molecule has 1 aromatic rings. The first kappa shape index (κ1) is 15.7. The van der Waals surface area contributed by atoms with Crippen molar-refractivity contribution >= 4 is 15.9 Å². The lowest BCUT2D eigenvalue weighted by molar-refractivity contribution is 0.294. The average molecular weight is 316 g/mol. The van der Waals surface area contributed by atoms with Crippen LogP contribution in [0.1, 0.15) is 39.1 Å². The van der Waals surface area contributed by atoms with Crippen molar-refractivity contribution in [1.82, 2.24) is 15.1 Å². The minimum Gasteiger partial charge on any atom is -0.317 e. The molecule has 2 atom stereocenters. The topological polar surface area (TPSA) is 29.9 Å². The normalized spacial score (nSPS) is 15.1. The SMILES string of the molecule is CCc1nn(C)c(CC(C(C)C)C(C)NC)c1Br. The van der Waals surface area contributed by atoms with Crippen LogP contribution in [0.15, 0.2) is 4.47 Å². The van der Waals surface area contributed by atoms with Crippen LogP contribution in [0.2, 0.25) is 0 Å². The van der Waals surface area contributed by atoms with Gasteiger partial charge in [0.1, 0.15) is 0 Å². The van der Waals surface area contributed by atoms with Gasteiger partial charge in [-0.05, 0) is 54.6 Å². The van der Waals surface area contributed by atoms with Crippen LogP contribution >= 0.6 is 15.9 Å². The van der Waals surface area contributed by atoms with E-state index >= 15 is 0 Å². The predicted octanol–water partition coefficient (Wildman–Crippen LogP) is 3.17. The molecule has 0 aromatic carbocycles. The fraction of sp³-hybridized carbons (Fsp3) is 0.786. The monoisotopic (exact) mass is 315 g/mol. The maximum Gasteiger partial charge on any atom is 0.0766 e. The summed E-state index contributed by atoms with van der Waals surface area (Å²) < 4.78 is 3.22. The Morgan fingerprint density at radius 3 is 2.33 bits per heavy atom. The first-order chi connectivity index (χ1) is 8.42. The summed E-state index contributed by atoms with van der Waals surface area (Å²) in [4.78, 5) is 0. The number of hydrogen-bond acceptors (Lipinski definition) is 2. The van der Waals surface area contributed by atoms with Crippen LogP contribution in [0.4, 0.5) is 0 Å². The summed E-state index contributed by atoms with van der Waals surface area (Å²) in [6.07, 6.45) is 2.03. The van der Waals surface area contributed by atoms with E-state index in [9.17, 15) is 0 Å². The van der Waals surface area contributed by atoms with Gasteiger partial charge in [-0.3, -0.25) is 4.68 Å². The molecule has 18 heavy (non-hydrogen) atoms. The molecule has 0 saturated heterocycles. The smallest absolute Gasteiger partial charge is 0.0766 e. The van der Waals surface area contributed by atoms with Crippen molar-refractivity contribution in [3.63, 3.8) is 0 Å². The summed E-state index contributed by atoms with van der Waals surface area (Å²) in [6.45, 7) is 9.00. The molecule has 0 aliphatic heterocycles. The van der Waals surface area contributed by atoms with Crippen molar-refractivity contribution in [1.29, 1.82) is 0 Å². The molecule has 0 bridgehead atoms. The van der Waals surface area contributed by atoms with Gasteiger partial charge in [0.2, 0.25) is 0 Å². The van der Waals surface area contributed by atoms with Gasteiger partial charge in [0.25, 0.3) is 0 Å². The van der Waals surface area contributed by atoms with Crippen LogP contribution in [-0.2, 0) is 19.9 Å². The zero-order valence-electron chi connectivity index (χ0n) is 12.4. The van der Waals surface area contributed by atoms with Gasteiger partial charge in [-0.15, -0.1) is 0 Å². The molecule has 0 aliphatic carbocycles. The Morgan fingerprint density at radius 1 is 1.33 bits per heavy atom. The van der Waals surface area contributed by atoms with E-state index in [0.717, 1.165) is 18.5 Å². The minimum atomic E-state index is 0.511. The molecule has 0 saturated carbocycles. The predicted molar refractivity (Wildman–Crippen MR) is 80.8 cm³/mol. The number of aromatic nitrogens is 2. The van der Waals surface area contributed by atoms with E-state index in [0.29, 0.717) is 17.9 Å². The first-order valence-electron chi connectivity index (χ1n) is 6.79. The summed E-state index contributed by atoms with van der Waals surface area (Å²) in [5.41, 5.74) is 2.47. The molecule has 0 fully saturated rings. The van der Waals surface area contributed by atoms with Crippen molar-refractivity contribution in [2.45, 2.75) is 46.6 Å². The van der Waals surface area contributed by atoms with Crippen LogP contribution in [0.5, 0.6) is 0 Å². The Bertz CT molecular complexity index is 385. The van der Waals surface area contributed by atoms with E-state index in [1.165, 1.54) is 10.2 Å². The molecule has 3 nitrogen and oxygen atoms in total. The van der Waals surface area contributed by atoms with E-state index in [-0.39, 0.29) is 0 Å². The molecular weight excluding hydrogens is 290 g/mol. The Kier molecular flexibility index (Phi) is 5.86. The largest absolute Gasteiger partial charge is 0.317 e. The second-order valence-corrected chi connectivity index (χ2v) is 6.17. The molecule has 0 radical (unpaired) electrons. The Labute approximate surface area is 119 Å². The highest BCUT2D eigenvalue weighted by molar-refractivity contribution is 9.10. The lowest BCUT2D eigenvalue weighted by Crippen LogP contribution is -2.35. The van der Waals surface area contributed by atoms with Crippen molar-refractivity contribution in [2.75, 3.05) is 7.05 Å². The fourth-order valence-corrected chi connectivity index (χ4v) is 3.25. The van der Waals surface area contributed by atoms with Gasteiger partial charge in [0.15, 0.2) is 0 Å². The Balaban J connectivity index is 2.97. The van der Waals surface area contributed by atoms with Crippen LogP contribution in [0, 0.1) is 11.8 Å². The average Bonchev–Trinajstić information content (AvgIpc) is 2.60. The standard InChI is InChI=1S/C14H26BrN3/c1-7-12-14(15)13(18(6)17-12)8-11(9(2)3)10(4)16-5/h9-11,16H,7-8H2,1-6H3. The molecule has 1 rings (SSSR count). The van der Waals surface area contributed by atoms with E-state index in [1.54, 1.807) is 0 Å². The molecule has 4 heteroatoms. The van der Waals surface area contributed by atoms with Gasteiger partial charge in [0, 0.05) is 13.1 Å². The quantitative estimate of drug-likeness (QED) is 0.874. The summed E-state index contributed by atoms with van der Waals surface area (Å²) >= 11 is 3.71. The van der Waals surface area contributed by atoms with E-state index < -0.39 is 0 Å². The summed E-state index contributed by atoms with van der Waals surface area (Å²) in [5, 5.41) is 7.96. The maximum absolute atomic E-state index is 4.58. The molecule has 104 valence electrons. The maximum atomic E-state index is 4.58. The van der Waals surface area contributed by atoms with Crippen LogP contribution < -0.4 is 5.32 Å². The van der Waals surface area contributed by atoms with Gasteiger partial charge >= 0.3 is 0 Å². The zero-order valence-corrected chi connectivity index (χ0v) is 14.0. The zero-order chi connectivity index (χ0) is 13.9. The third kappa shape index (κ3) is 3.35. The van der Waals surface area contributed by atoms with Gasteiger partial charge in [-0.25, -0.2) is 0 Å². The first-order valence-corrected chi connectivity index (χ1v) is 7.59. The summed E-state index contributed by atoms with van der Waals surface area (Å²) in [6, 6.07) is 0.511. The van der Waals surface area contributed by atoms with E-state index in [2.05, 4.69) is 54.0 Å². The molecule has 2 unspecified atom stereocenters. The van der Waals surface area contributed by atoms with Gasteiger partial charge in [-0.1, -0.05) is 20.8 Å². The molecule has 0 aliphatic rings. The van der Waals surface area contributed by atoms with Crippen LogP contribution in [0.25, 0.3) is 0 Å². The fourth-order valence-electron chi connectivity index (χ4n) is 2.47. The Hall–Kier alpha value is -0.350. The molecule has 1 heterocycles. The van der Waals surface area contributed by atoms with Gasteiger partial charge in [-0.2, -0.15) is 5.10 Å². The number of hydrogen-bond donors (Lipinski definition) is 1. The number of aryl methyl sites for hydroxylation is 2. The highest BCUT2D eigenvalue weighted by Gasteiger charge is 2.23. The number of rotatable bonds is 6. The Morgan fingerprint density at radius 2 is 1.94 bits per heavy atom.